The molecule has 0 amide bonds. The van der Waals surface area contributed by atoms with Crippen molar-refractivity contribution in [3.05, 3.63) is 74.3 Å². The normalized spacial score (nSPS) is 28.9. The van der Waals surface area contributed by atoms with Crippen molar-refractivity contribution in [3.8, 4) is 0 Å². The quantitative estimate of drug-likeness (QED) is 0.504. The van der Waals surface area contributed by atoms with E-state index in [2.05, 4.69) is 19.6 Å². The molecule has 10 radical (unpaired) electrons. The predicted molar refractivity (Wildman–Crippen MR) is 91.8 cm³/mol. The molecule has 2 fully saturated rings. The van der Waals surface area contributed by atoms with Crippen molar-refractivity contribution in [2.24, 2.45) is 0 Å². The molecule has 0 aromatic carbocycles. The first-order valence-electron chi connectivity index (χ1n) is 6.83. The summed E-state index contributed by atoms with van der Waals surface area (Å²) < 4.78 is -0.849. The summed E-state index contributed by atoms with van der Waals surface area (Å²) in [5, 5.41) is 0.309. The van der Waals surface area contributed by atoms with Gasteiger partial charge in [-0.1, -0.05) is 31.2 Å². The summed E-state index contributed by atoms with van der Waals surface area (Å²) in [6.07, 6.45) is 17.7. The molecule has 2 saturated carbocycles. The molecular formula is C17H18Cl2FeOSi+2. The molecule has 1 atom stereocenters. The van der Waals surface area contributed by atoms with Gasteiger partial charge in [-0.15, -0.1) is 11.6 Å². The molecule has 0 N–H and O–H groups in total. The van der Waals surface area contributed by atoms with Crippen molar-refractivity contribution < 1.29 is 21.9 Å². The largest absolute Gasteiger partial charge is 2.00 e. The summed E-state index contributed by atoms with van der Waals surface area (Å²) in [6, 6.07) is 0. The zero-order valence-electron chi connectivity index (χ0n) is 12.7. The third-order valence-electron chi connectivity index (χ3n) is 3.62. The number of ketones is 1. The van der Waals surface area contributed by atoms with Gasteiger partial charge in [-0.05, 0) is 63.4 Å². The van der Waals surface area contributed by atoms with E-state index in [-0.39, 0.29) is 22.9 Å². The van der Waals surface area contributed by atoms with Crippen LogP contribution in [0.15, 0.2) is 10.6 Å². The first kappa shape index (κ1) is 20.8. The van der Waals surface area contributed by atoms with Gasteiger partial charge in [-0.3, -0.25) is 4.79 Å². The molecule has 0 heterocycles. The zero-order chi connectivity index (χ0) is 15.7. The van der Waals surface area contributed by atoms with Crippen molar-refractivity contribution in [3.63, 3.8) is 0 Å². The zero-order valence-corrected chi connectivity index (χ0v) is 16.3. The molecule has 1 unspecified atom stereocenters. The third-order valence-corrected chi connectivity index (χ3v) is 8.58. The Morgan fingerprint density at radius 2 is 1.32 bits per heavy atom. The molecule has 3 aliphatic carbocycles. The Balaban J connectivity index is 0.000000344. The van der Waals surface area contributed by atoms with Crippen LogP contribution in [0.1, 0.15) is 0 Å². The third kappa shape index (κ3) is 3.86. The monoisotopic (exact) mass is 392 g/mol. The molecule has 1 nitrogen and oxygen atoms in total. The Kier molecular flexibility index (Phi) is 7.75. The average Bonchev–Trinajstić information content (AvgIpc) is 3.12. The number of alkyl halides is 1. The van der Waals surface area contributed by atoms with E-state index >= 15 is 0 Å². The minimum absolute atomic E-state index is 0. The van der Waals surface area contributed by atoms with E-state index in [4.69, 9.17) is 23.2 Å². The van der Waals surface area contributed by atoms with Crippen LogP contribution in [-0.2, 0) is 21.9 Å². The summed E-state index contributed by atoms with van der Waals surface area (Å²) in [7, 11) is -1.85. The molecular weight excluding hydrogens is 375 g/mol. The molecule has 0 aromatic rings. The number of allylic oxidation sites excluding steroid dienone is 2. The van der Waals surface area contributed by atoms with Gasteiger partial charge in [0, 0.05) is 5.92 Å². The standard InChI is InChI=1S/C12H13Cl2OSi.C5H5.Fe/c1-16(2,3)12(14)9(10(13)11(12)15)8-6-4-5-7-8;1-2-4-5-3-1;/h4-7H,1-3H3;1-5H;/q;;+2. The van der Waals surface area contributed by atoms with Gasteiger partial charge in [0.2, 0.25) is 0 Å². The van der Waals surface area contributed by atoms with Crippen LogP contribution in [0.5, 0.6) is 0 Å². The summed E-state index contributed by atoms with van der Waals surface area (Å²) >= 11 is 12.6. The van der Waals surface area contributed by atoms with E-state index in [1.54, 1.807) is 0 Å². The fourth-order valence-electron chi connectivity index (χ4n) is 2.37. The maximum atomic E-state index is 11.9. The van der Waals surface area contributed by atoms with Crippen molar-refractivity contribution in [2.45, 2.75) is 24.1 Å². The van der Waals surface area contributed by atoms with Crippen molar-refractivity contribution in [1.29, 1.82) is 0 Å². The second-order valence-electron chi connectivity index (χ2n) is 6.06. The first-order valence-corrected chi connectivity index (χ1v) is 11.1. The maximum Gasteiger partial charge on any atom is 2.00 e. The van der Waals surface area contributed by atoms with E-state index < -0.39 is 12.6 Å². The number of hydrogen-bond donors (Lipinski definition) is 0. The van der Waals surface area contributed by atoms with Crippen LogP contribution in [-0.4, -0.2) is 18.4 Å². The van der Waals surface area contributed by atoms with Gasteiger partial charge in [0.1, 0.15) is 4.50 Å². The minimum Gasteiger partial charge on any atom is -0.291 e. The molecule has 0 aliphatic heterocycles. The first-order chi connectivity index (χ1) is 9.80. The SMILES string of the molecule is C[Si](C)(C)C1(Cl)C(=O)C(Cl)=C1[C]1[CH][CH][CH][CH]1.[CH]1[CH][CH][CH][CH]1.[Fe+2]. The van der Waals surface area contributed by atoms with Gasteiger partial charge in [-0.2, -0.15) is 0 Å². The van der Waals surface area contributed by atoms with Crippen molar-refractivity contribution in [2.75, 3.05) is 0 Å². The summed E-state index contributed by atoms with van der Waals surface area (Å²) in [4.78, 5) is 11.9. The van der Waals surface area contributed by atoms with Gasteiger partial charge >= 0.3 is 17.1 Å². The molecule has 116 valence electrons. The number of carbonyl (C=O) groups excluding carboxylic acids is 1. The van der Waals surface area contributed by atoms with Crippen LogP contribution in [0.2, 0.25) is 19.6 Å². The predicted octanol–water partition coefficient (Wildman–Crippen LogP) is 4.34. The maximum absolute atomic E-state index is 11.9. The molecule has 0 bridgehead atoms. The van der Waals surface area contributed by atoms with Gasteiger partial charge in [0.25, 0.3) is 0 Å². The average molecular weight is 393 g/mol. The number of hydrogen-bond acceptors (Lipinski definition) is 1. The second-order valence-corrected chi connectivity index (χ2v) is 12.6. The molecule has 3 aliphatic rings. The molecule has 5 heteroatoms. The van der Waals surface area contributed by atoms with Crippen LogP contribution in [0.25, 0.3) is 0 Å². The topological polar surface area (TPSA) is 17.1 Å². The smallest absolute Gasteiger partial charge is 0.291 e. The van der Waals surface area contributed by atoms with Crippen LogP contribution < -0.4 is 0 Å². The van der Waals surface area contributed by atoms with Gasteiger partial charge in [0.05, 0.1) is 13.1 Å². The van der Waals surface area contributed by atoms with Gasteiger partial charge in [0.15, 0.2) is 5.78 Å². The van der Waals surface area contributed by atoms with E-state index in [1.165, 1.54) is 0 Å². The Hall–Kier alpha value is 0.726. The van der Waals surface area contributed by atoms with Crippen LogP contribution in [0, 0.1) is 63.7 Å². The number of Topliss-reactive ketones (excluding diaryl/α,β-unsaturated/α-hetero) is 1. The van der Waals surface area contributed by atoms with E-state index in [9.17, 15) is 4.79 Å². The van der Waals surface area contributed by atoms with E-state index in [1.807, 2.05) is 57.8 Å². The van der Waals surface area contributed by atoms with Crippen LogP contribution >= 0.6 is 23.2 Å². The Labute approximate surface area is 157 Å². The Bertz CT molecular complexity index is 427. The van der Waals surface area contributed by atoms with Crippen molar-refractivity contribution >= 4 is 37.1 Å². The second kappa shape index (κ2) is 8.21. The van der Waals surface area contributed by atoms with E-state index in [0.29, 0.717) is 5.03 Å². The van der Waals surface area contributed by atoms with Gasteiger partial charge in [-0.25, -0.2) is 0 Å². The molecule has 22 heavy (non-hydrogen) atoms. The Morgan fingerprint density at radius 3 is 1.68 bits per heavy atom. The molecule has 3 rings (SSSR count). The number of rotatable bonds is 2. The molecule has 0 aromatic heterocycles. The molecule has 0 saturated heterocycles. The van der Waals surface area contributed by atoms with Crippen LogP contribution in [0.4, 0.5) is 0 Å². The fraction of sp³-hybridized carbons (Fsp3) is 0.235. The van der Waals surface area contributed by atoms with Gasteiger partial charge < -0.3 is 0 Å². The summed E-state index contributed by atoms with van der Waals surface area (Å²) in [6.45, 7) is 6.26. The Morgan fingerprint density at radius 1 is 0.909 bits per heavy atom. The summed E-state index contributed by atoms with van der Waals surface area (Å²) in [5.74, 6) is 0.869. The number of halogens is 2. The van der Waals surface area contributed by atoms with Crippen LogP contribution in [0.3, 0.4) is 0 Å². The number of carbonyl (C=O) groups is 1. The fourth-order valence-corrected chi connectivity index (χ4v) is 5.14. The summed E-state index contributed by atoms with van der Waals surface area (Å²) in [5.41, 5.74) is 0.824. The van der Waals surface area contributed by atoms with Crippen molar-refractivity contribution in [1.82, 2.24) is 0 Å². The molecule has 0 spiro atoms. The van der Waals surface area contributed by atoms with E-state index in [0.717, 1.165) is 11.5 Å². The minimum atomic E-state index is -1.85.